The van der Waals surface area contributed by atoms with Crippen LogP contribution in [0.25, 0.3) is 5.78 Å². The molecule has 124 valence electrons. The van der Waals surface area contributed by atoms with Crippen LogP contribution in [-0.2, 0) is 4.79 Å². The van der Waals surface area contributed by atoms with E-state index < -0.39 is 0 Å². The first kappa shape index (κ1) is 15.7. The number of fused-ring (bicyclic) bond motifs is 1. The van der Waals surface area contributed by atoms with Crippen LogP contribution in [0.3, 0.4) is 0 Å². The van der Waals surface area contributed by atoms with Crippen LogP contribution in [-0.4, -0.2) is 69.2 Å². The van der Waals surface area contributed by atoms with Crippen molar-refractivity contribution >= 4 is 17.5 Å². The molecule has 0 bridgehead atoms. The first-order chi connectivity index (χ1) is 11.0. The van der Waals surface area contributed by atoms with Gasteiger partial charge in [-0.1, -0.05) is 0 Å². The van der Waals surface area contributed by atoms with Gasteiger partial charge in [0.2, 0.25) is 5.91 Å². The lowest BCUT2D eigenvalue weighted by Gasteiger charge is -2.35. The zero-order valence-corrected chi connectivity index (χ0v) is 13.9. The Balaban J connectivity index is 1.64. The topological polar surface area (TPSA) is 78.7 Å². The fourth-order valence-corrected chi connectivity index (χ4v) is 2.84. The van der Waals surface area contributed by atoms with Crippen molar-refractivity contribution in [3.63, 3.8) is 0 Å². The molecule has 1 N–H and O–H groups in total. The second-order valence-electron chi connectivity index (χ2n) is 6.21. The average molecular weight is 317 g/mol. The van der Waals surface area contributed by atoms with E-state index in [9.17, 15) is 4.79 Å². The monoisotopic (exact) mass is 317 g/mol. The van der Waals surface area contributed by atoms with E-state index >= 15 is 0 Å². The van der Waals surface area contributed by atoms with E-state index in [2.05, 4.69) is 30.2 Å². The first-order valence-electron chi connectivity index (χ1n) is 7.97. The van der Waals surface area contributed by atoms with Crippen LogP contribution in [0.2, 0.25) is 0 Å². The third-order valence-corrected chi connectivity index (χ3v) is 3.87. The Morgan fingerprint density at radius 1 is 1.30 bits per heavy atom. The predicted molar refractivity (Wildman–Crippen MR) is 87.5 cm³/mol. The summed E-state index contributed by atoms with van der Waals surface area (Å²) in [6.45, 7) is 9.79. The van der Waals surface area contributed by atoms with Gasteiger partial charge in [0.25, 0.3) is 5.78 Å². The minimum Gasteiger partial charge on any atom is -0.354 e. The van der Waals surface area contributed by atoms with Crippen LogP contribution in [0, 0.1) is 6.92 Å². The molecule has 8 heteroatoms. The van der Waals surface area contributed by atoms with Crippen molar-refractivity contribution in [3.05, 3.63) is 18.1 Å². The Morgan fingerprint density at radius 2 is 2.04 bits per heavy atom. The number of hydrogen-bond acceptors (Lipinski definition) is 6. The summed E-state index contributed by atoms with van der Waals surface area (Å²) in [6, 6.07) is 2.21. The smallest absolute Gasteiger partial charge is 0.254 e. The maximum Gasteiger partial charge on any atom is 0.254 e. The third-order valence-electron chi connectivity index (χ3n) is 3.87. The van der Waals surface area contributed by atoms with E-state index in [0.29, 0.717) is 12.3 Å². The number of piperazine rings is 1. The van der Waals surface area contributed by atoms with Gasteiger partial charge in [-0.15, -0.1) is 0 Å². The lowest BCUT2D eigenvalue weighted by atomic mass is 10.3. The van der Waals surface area contributed by atoms with Crippen molar-refractivity contribution in [2.45, 2.75) is 26.8 Å². The minimum absolute atomic E-state index is 0.0897. The number of nitrogens with one attached hydrogen (secondary N) is 1. The van der Waals surface area contributed by atoms with E-state index in [-0.39, 0.29) is 11.9 Å². The molecule has 2 aromatic rings. The van der Waals surface area contributed by atoms with Crippen LogP contribution in [0.1, 0.15) is 19.5 Å². The van der Waals surface area contributed by atoms with Crippen molar-refractivity contribution in [1.82, 2.24) is 29.8 Å². The number of aromatic nitrogens is 4. The van der Waals surface area contributed by atoms with Crippen molar-refractivity contribution in [2.24, 2.45) is 0 Å². The molecule has 0 spiro atoms. The summed E-state index contributed by atoms with van der Waals surface area (Å²) in [7, 11) is 0. The van der Waals surface area contributed by atoms with E-state index in [4.69, 9.17) is 0 Å². The van der Waals surface area contributed by atoms with Crippen LogP contribution in [0.4, 0.5) is 5.82 Å². The number of aryl methyl sites for hydroxylation is 1. The number of amides is 1. The molecule has 1 aliphatic heterocycles. The summed E-state index contributed by atoms with van der Waals surface area (Å²) in [5.41, 5.74) is 0.930. The Hall–Kier alpha value is -2.22. The van der Waals surface area contributed by atoms with Crippen molar-refractivity contribution in [1.29, 1.82) is 0 Å². The Morgan fingerprint density at radius 3 is 2.74 bits per heavy atom. The fourth-order valence-electron chi connectivity index (χ4n) is 2.84. The summed E-state index contributed by atoms with van der Waals surface area (Å²) >= 11 is 0. The van der Waals surface area contributed by atoms with Gasteiger partial charge in [0.15, 0.2) is 0 Å². The molecule has 1 amide bonds. The van der Waals surface area contributed by atoms with Gasteiger partial charge < -0.3 is 10.2 Å². The molecular weight excluding hydrogens is 294 g/mol. The van der Waals surface area contributed by atoms with Crippen molar-refractivity contribution in [2.75, 3.05) is 37.6 Å². The average Bonchev–Trinajstić information content (AvgIpc) is 2.94. The van der Waals surface area contributed by atoms with Gasteiger partial charge in [0.05, 0.1) is 6.54 Å². The number of carbonyl (C=O) groups excluding carboxylic acids is 1. The van der Waals surface area contributed by atoms with Crippen LogP contribution < -0.4 is 10.2 Å². The lowest BCUT2D eigenvalue weighted by Crippen LogP contribution is -2.50. The molecular formula is C15H23N7O. The zero-order chi connectivity index (χ0) is 16.4. The molecule has 23 heavy (non-hydrogen) atoms. The molecule has 2 aromatic heterocycles. The Kier molecular flexibility index (Phi) is 4.42. The number of nitrogens with zero attached hydrogens (tertiary/aromatic N) is 6. The highest BCUT2D eigenvalue weighted by atomic mass is 16.2. The molecule has 3 heterocycles. The number of hydrogen-bond donors (Lipinski definition) is 1. The molecule has 0 atom stereocenters. The minimum atomic E-state index is 0.0897. The molecule has 0 aromatic carbocycles. The summed E-state index contributed by atoms with van der Waals surface area (Å²) in [6.07, 6.45) is 1.53. The van der Waals surface area contributed by atoms with Gasteiger partial charge in [0.1, 0.15) is 12.1 Å². The summed E-state index contributed by atoms with van der Waals surface area (Å²) in [4.78, 5) is 24.9. The summed E-state index contributed by atoms with van der Waals surface area (Å²) < 4.78 is 1.77. The molecule has 0 saturated carbocycles. The second-order valence-corrected chi connectivity index (χ2v) is 6.21. The van der Waals surface area contributed by atoms with Crippen molar-refractivity contribution < 1.29 is 4.79 Å². The maximum absolute atomic E-state index is 11.9. The largest absolute Gasteiger partial charge is 0.354 e. The van der Waals surface area contributed by atoms with Crippen LogP contribution in [0.15, 0.2) is 12.4 Å². The predicted octanol–water partition coefficient (Wildman–Crippen LogP) is 0.0793. The Labute approximate surface area is 135 Å². The molecule has 0 aliphatic carbocycles. The van der Waals surface area contributed by atoms with Gasteiger partial charge in [-0.3, -0.25) is 9.69 Å². The van der Waals surface area contributed by atoms with Gasteiger partial charge in [-0.05, 0) is 20.8 Å². The van der Waals surface area contributed by atoms with Crippen molar-refractivity contribution in [3.8, 4) is 0 Å². The van der Waals surface area contributed by atoms with Crippen LogP contribution >= 0.6 is 0 Å². The highest BCUT2D eigenvalue weighted by Crippen LogP contribution is 2.17. The third kappa shape index (κ3) is 3.58. The van der Waals surface area contributed by atoms with Crippen LogP contribution in [0.5, 0.6) is 0 Å². The fraction of sp³-hybridized carbons (Fsp3) is 0.600. The maximum atomic E-state index is 11.9. The zero-order valence-electron chi connectivity index (χ0n) is 13.9. The highest BCUT2D eigenvalue weighted by molar-refractivity contribution is 5.78. The SMILES string of the molecule is Cc1cc(N2CCN(CC(=O)NC(C)C)CC2)n2ncnc2n1. The number of rotatable bonds is 4. The van der Waals surface area contributed by atoms with E-state index in [0.717, 1.165) is 37.7 Å². The molecule has 0 radical (unpaired) electrons. The van der Waals surface area contributed by atoms with Gasteiger partial charge in [0, 0.05) is 44.0 Å². The molecule has 8 nitrogen and oxygen atoms in total. The van der Waals surface area contributed by atoms with Gasteiger partial charge in [-0.2, -0.15) is 14.6 Å². The molecule has 1 aliphatic rings. The van der Waals surface area contributed by atoms with E-state index in [1.165, 1.54) is 6.33 Å². The first-order valence-corrected chi connectivity index (χ1v) is 7.97. The molecule has 0 unspecified atom stereocenters. The normalized spacial score (nSPS) is 16.3. The van der Waals surface area contributed by atoms with E-state index in [1.807, 2.05) is 26.8 Å². The standard InChI is InChI=1S/C15H23N7O/c1-11(2)18-13(23)9-20-4-6-21(7-5-20)14-8-12(3)19-15-16-10-17-22(14)15/h8,10-11H,4-7,9H2,1-3H3,(H,18,23). The second kappa shape index (κ2) is 6.49. The van der Waals surface area contributed by atoms with E-state index in [1.54, 1.807) is 4.52 Å². The number of carbonyl (C=O) groups is 1. The Bertz CT molecular complexity index is 688. The highest BCUT2D eigenvalue weighted by Gasteiger charge is 2.21. The number of anilines is 1. The quantitative estimate of drug-likeness (QED) is 0.860. The molecule has 3 rings (SSSR count). The lowest BCUT2D eigenvalue weighted by molar-refractivity contribution is -0.122. The summed E-state index contributed by atoms with van der Waals surface area (Å²) in [5, 5.41) is 7.19. The molecule has 1 saturated heterocycles. The molecule has 1 fully saturated rings. The summed E-state index contributed by atoms with van der Waals surface area (Å²) in [5.74, 6) is 1.72. The van der Waals surface area contributed by atoms with Gasteiger partial charge >= 0.3 is 0 Å². The van der Waals surface area contributed by atoms with Gasteiger partial charge in [-0.25, -0.2) is 4.98 Å².